The number of carbonyl (C=O) groups excluding carboxylic acids is 1. The van der Waals surface area contributed by atoms with E-state index in [0.29, 0.717) is 29.4 Å². The number of hydrogen-bond donors (Lipinski definition) is 1. The van der Waals surface area contributed by atoms with Gasteiger partial charge in [0, 0.05) is 30.8 Å². The maximum absolute atomic E-state index is 13.0. The van der Waals surface area contributed by atoms with Crippen LogP contribution in [0.5, 0.6) is 5.75 Å². The van der Waals surface area contributed by atoms with Crippen LogP contribution in [-0.2, 0) is 4.79 Å². The van der Waals surface area contributed by atoms with Gasteiger partial charge in [-0.05, 0) is 19.9 Å². The van der Waals surface area contributed by atoms with Gasteiger partial charge in [-0.25, -0.2) is 9.97 Å². The van der Waals surface area contributed by atoms with Gasteiger partial charge in [-0.2, -0.15) is 0 Å². The van der Waals surface area contributed by atoms with Crippen molar-refractivity contribution >= 4 is 11.9 Å². The van der Waals surface area contributed by atoms with Gasteiger partial charge >= 0.3 is 5.97 Å². The number of hydrogen-bond acceptors (Lipinski definition) is 5. The van der Waals surface area contributed by atoms with Crippen LogP contribution in [0.1, 0.15) is 33.4 Å². The Hall–Kier alpha value is -2.96. The molecule has 134 valence electrons. The molecule has 1 aromatic heterocycles. The fourth-order valence-corrected chi connectivity index (χ4v) is 3.96. The molecule has 0 unspecified atom stereocenters. The van der Waals surface area contributed by atoms with Crippen molar-refractivity contribution in [3.63, 3.8) is 0 Å². The standard InChI is InChI=1S/C19H19N3O4/c1-11-14(7-20-12(2)21-11)17(23)22-8-15-13-5-3-4-6-16(13)26-10-19(15,9-22)18(24)25/h3-7,15H,8-10H2,1-2H3,(H,24,25)/t15-,19-/m1/s1. The maximum Gasteiger partial charge on any atom is 0.315 e. The third-order valence-electron chi connectivity index (χ3n) is 5.37. The highest BCUT2D eigenvalue weighted by molar-refractivity contribution is 5.96. The number of amides is 1. The van der Waals surface area contributed by atoms with Crippen LogP contribution < -0.4 is 4.74 Å². The van der Waals surface area contributed by atoms with Crippen molar-refractivity contribution in [2.45, 2.75) is 19.8 Å². The molecule has 0 radical (unpaired) electrons. The molecule has 0 saturated carbocycles. The van der Waals surface area contributed by atoms with E-state index in [9.17, 15) is 14.7 Å². The number of likely N-dealkylation sites (tertiary alicyclic amines) is 1. The van der Waals surface area contributed by atoms with Gasteiger partial charge in [0.15, 0.2) is 0 Å². The molecule has 7 heteroatoms. The quantitative estimate of drug-likeness (QED) is 0.885. The van der Waals surface area contributed by atoms with Gasteiger partial charge in [0.1, 0.15) is 23.6 Å². The number of carboxylic acids is 1. The Kier molecular flexibility index (Phi) is 3.68. The van der Waals surface area contributed by atoms with Crippen molar-refractivity contribution in [1.82, 2.24) is 14.9 Å². The molecule has 1 saturated heterocycles. The number of aromatic nitrogens is 2. The number of fused-ring (bicyclic) bond motifs is 3. The molecule has 2 atom stereocenters. The Labute approximate surface area is 150 Å². The Morgan fingerprint density at radius 3 is 2.81 bits per heavy atom. The second kappa shape index (κ2) is 5.79. The number of ether oxygens (including phenoxy) is 1. The fraction of sp³-hybridized carbons (Fsp3) is 0.368. The summed E-state index contributed by atoms with van der Waals surface area (Å²) in [7, 11) is 0. The topological polar surface area (TPSA) is 92.6 Å². The first-order valence-electron chi connectivity index (χ1n) is 8.47. The van der Waals surface area contributed by atoms with Crippen molar-refractivity contribution < 1.29 is 19.4 Å². The molecule has 0 aliphatic carbocycles. The van der Waals surface area contributed by atoms with Crippen LogP contribution in [0, 0.1) is 19.3 Å². The lowest BCUT2D eigenvalue weighted by Gasteiger charge is -2.35. The predicted molar refractivity (Wildman–Crippen MR) is 92.2 cm³/mol. The summed E-state index contributed by atoms with van der Waals surface area (Å²) in [6.45, 7) is 4.01. The van der Waals surface area contributed by atoms with E-state index in [0.717, 1.165) is 5.56 Å². The molecule has 2 aliphatic rings. The molecular formula is C19H19N3O4. The van der Waals surface area contributed by atoms with E-state index in [1.807, 2.05) is 24.3 Å². The summed E-state index contributed by atoms with van der Waals surface area (Å²) in [5, 5.41) is 9.94. The summed E-state index contributed by atoms with van der Waals surface area (Å²) in [4.78, 5) is 35.1. The van der Waals surface area contributed by atoms with E-state index in [-0.39, 0.29) is 25.0 Å². The normalized spacial score (nSPS) is 23.8. The van der Waals surface area contributed by atoms with E-state index in [1.54, 1.807) is 18.7 Å². The van der Waals surface area contributed by atoms with Gasteiger partial charge < -0.3 is 14.7 Å². The van der Waals surface area contributed by atoms with E-state index in [1.165, 1.54) is 6.20 Å². The third-order valence-corrected chi connectivity index (χ3v) is 5.37. The van der Waals surface area contributed by atoms with E-state index >= 15 is 0 Å². The lowest BCUT2D eigenvalue weighted by Crippen LogP contribution is -2.46. The molecule has 1 fully saturated rings. The number of nitrogens with zero attached hydrogens (tertiary/aromatic N) is 3. The van der Waals surface area contributed by atoms with Gasteiger partial charge in [-0.15, -0.1) is 0 Å². The van der Waals surface area contributed by atoms with Crippen molar-refractivity contribution in [2.24, 2.45) is 5.41 Å². The highest BCUT2D eigenvalue weighted by Crippen LogP contribution is 2.49. The molecule has 0 spiro atoms. The van der Waals surface area contributed by atoms with Gasteiger partial charge in [0.2, 0.25) is 0 Å². The van der Waals surface area contributed by atoms with Crippen LogP contribution in [0.25, 0.3) is 0 Å². The van der Waals surface area contributed by atoms with E-state index in [2.05, 4.69) is 9.97 Å². The zero-order valence-electron chi connectivity index (χ0n) is 14.6. The summed E-state index contributed by atoms with van der Waals surface area (Å²) in [6.07, 6.45) is 1.51. The minimum atomic E-state index is -1.14. The highest BCUT2D eigenvalue weighted by atomic mass is 16.5. The number of para-hydroxylation sites is 1. The molecule has 4 rings (SSSR count). The van der Waals surface area contributed by atoms with Gasteiger partial charge in [0.25, 0.3) is 5.91 Å². The minimum Gasteiger partial charge on any atom is -0.492 e. The zero-order valence-corrected chi connectivity index (χ0v) is 14.6. The average molecular weight is 353 g/mol. The van der Waals surface area contributed by atoms with Crippen LogP contribution >= 0.6 is 0 Å². The van der Waals surface area contributed by atoms with Crippen LogP contribution in [0.4, 0.5) is 0 Å². The van der Waals surface area contributed by atoms with Crippen molar-refractivity contribution in [3.8, 4) is 5.75 Å². The van der Waals surface area contributed by atoms with Gasteiger partial charge in [-0.1, -0.05) is 18.2 Å². The summed E-state index contributed by atoms with van der Waals surface area (Å²) in [5.41, 5.74) is 0.708. The molecular weight excluding hydrogens is 334 g/mol. The van der Waals surface area contributed by atoms with Crippen LogP contribution in [-0.4, -0.2) is 51.5 Å². The first kappa shape index (κ1) is 16.5. The Balaban J connectivity index is 1.72. The van der Waals surface area contributed by atoms with E-state index < -0.39 is 11.4 Å². The molecule has 1 aromatic carbocycles. The Morgan fingerprint density at radius 1 is 1.31 bits per heavy atom. The van der Waals surface area contributed by atoms with Crippen molar-refractivity contribution in [3.05, 3.63) is 53.1 Å². The number of aryl methyl sites for hydroxylation is 2. The first-order valence-corrected chi connectivity index (χ1v) is 8.47. The molecule has 7 nitrogen and oxygen atoms in total. The monoisotopic (exact) mass is 353 g/mol. The molecule has 3 heterocycles. The third kappa shape index (κ3) is 2.34. The smallest absolute Gasteiger partial charge is 0.315 e. The van der Waals surface area contributed by atoms with Crippen LogP contribution in [0.2, 0.25) is 0 Å². The molecule has 2 aromatic rings. The molecule has 2 aliphatic heterocycles. The lowest BCUT2D eigenvalue weighted by molar-refractivity contribution is -0.151. The fourth-order valence-electron chi connectivity index (χ4n) is 3.96. The molecule has 26 heavy (non-hydrogen) atoms. The maximum atomic E-state index is 13.0. The summed E-state index contributed by atoms with van der Waals surface area (Å²) in [6, 6.07) is 7.44. The number of rotatable bonds is 2. The minimum absolute atomic E-state index is 0.0528. The highest BCUT2D eigenvalue weighted by Gasteiger charge is 2.57. The number of carboxylic acid groups (broad SMARTS) is 1. The zero-order chi connectivity index (χ0) is 18.5. The largest absolute Gasteiger partial charge is 0.492 e. The SMILES string of the molecule is Cc1ncc(C(=O)N2C[C@@H]3c4ccccc4OC[C@]3(C(=O)O)C2)c(C)n1. The van der Waals surface area contributed by atoms with Gasteiger partial charge in [0.05, 0.1) is 11.3 Å². The number of benzene rings is 1. The summed E-state index contributed by atoms with van der Waals surface area (Å²) in [5.74, 6) is -0.197. The van der Waals surface area contributed by atoms with Gasteiger partial charge in [-0.3, -0.25) is 9.59 Å². The van der Waals surface area contributed by atoms with Crippen molar-refractivity contribution in [1.29, 1.82) is 0 Å². The molecule has 0 bridgehead atoms. The van der Waals surface area contributed by atoms with Crippen molar-refractivity contribution in [2.75, 3.05) is 19.7 Å². The summed E-state index contributed by atoms with van der Waals surface area (Å²) >= 11 is 0. The summed E-state index contributed by atoms with van der Waals surface area (Å²) < 4.78 is 5.73. The lowest BCUT2D eigenvalue weighted by atomic mass is 9.73. The molecule has 1 amide bonds. The second-order valence-corrected chi connectivity index (χ2v) is 6.94. The number of aliphatic carboxylic acids is 1. The second-order valence-electron chi connectivity index (χ2n) is 6.94. The average Bonchev–Trinajstić information content (AvgIpc) is 3.03. The predicted octanol–water partition coefficient (Wildman–Crippen LogP) is 1.80. The Morgan fingerprint density at radius 2 is 2.08 bits per heavy atom. The first-order chi connectivity index (χ1) is 12.4. The van der Waals surface area contributed by atoms with E-state index in [4.69, 9.17) is 4.74 Å². The van der Waals surface area contributed by atoms with Crippen LogP contribution in [0.3, 0.4) is 0 Å². The molecule has 1 N–H and O–H groups in total. The number of carbonyl (C=O) groups is 2. The van der Waals surface area contributed by atoms with Crippen LogP contribution in [0.15, 0.2) is 30.5 Å². The Bertz CT molecular complexity index is 913.